The Morgan fingerprint density at radius 2 is 0.667 bits per heavy atom. The third-order valence-electron chi connectivity index (χ3n) is 1.52. The lowest BCUT2D eigenvalue weighted by Crippen LogP contribution is -1.66. The molecule has 0 N–H and O–H groups in total. The molecule has 0 aliphatic rings. The van der Waals surface area contributed by atoms with Crippen LogP contribution in [-0.4, -0.2) is 24.9 Å². The minimum atomic E-state index is 1.50. The summed E-state index contributed by atoms with van der Waals surface area (Å²) in [6, 6.07) is 7.49. The highest BCUT2D eigenvalue weighted by atomic mass is 14.8. The highest BCUT2D eigenvalue weighted by Crippen LogP contribution is 1.73. The van der Waals surface area contributed by atoms with Gasteiger partial charge in [0.2, 0.25) is 0 Å². The average molecular weight is 329 g/mol. The summed E-state index contributed by atoms with van der Waals surface area (Å²) >= 11 is 0. The first-order valence-electron chi connectivity index (χ1n) is 8.25. The van der Waals surface area contributed by atoms with E-state index in [0.29, 0.717) is 0 Å². The van der Waals surface area contributed by atoms with E-state index in [1.807, 2.05) is 59.7 Å². The molecular weight excluding hydrogens is 298 g/mol. The Morgan fingerprint density at radius 1 is 0.333 bits per heavy atom. The van der Waals surface area contributed by atoms with Crippen LogP contribution < -0.4 is 0 Å². The lowest BCUT2D eigenvalue weighted by Gasteiger charge is -1.70. The van der Waals surface area contributed by atoms with Crippen molar-refractivity contribution in [2.75, 3.05) is 0 Å². The minimum absolute atomic E-state index is 1.50. The van der Waals surface area contributed by atoms with Gasteiger partial charge in [-0.1, -0.05) is 47.6 Å². The standard InChI is InChI=1S/C5H5N.2C4H4N2.3C2H6/c1-2-4-6-5-3-1;1-2-6-4-3-5-1;1-2-5-4-6-3-1;3*1-2/h1-5H;2*1-4H;3*1-2H3. The van der Waals surface area contributed by atoms with Gasteiger partial charge < -0.3 is 0 Å². The van der Waals surface area contributed by atoms with Crippen LogP contribution in [0.5, 0.6) is 0 Å². The van der Waals surface area contributed by atoms with Crippen molar-refractivity contribution in [3.63, 3.8) is 0 Å². The van der Waals surface area contributed by atoms with Crippen LogP contribution in [-0.2, 0) is 0 Å². The summed E-state index contributed by atoms with van der Waals surface area (Å²) < 4.78 is 0. The van der Waals surface area contributed by atoms with Gasteiger partial charge in [-0.25, -0.2) is 9.97 Å². The fraction of sp³-hybridized carbons (Fsp3) is 0.316. The van der Waals surface area contributed by atoms with Crippen LogP contribution in [0, 0.1) is 0 Å². The van der Waals surface area contributed by atoms with Crippen LogP contribution in [0.1, 0.15) is 41.5 Å². The predicted molar refractivity (Wildman–Crippen MR) is 102 cm³/mol. The molecule has 0 saturated heterocycles. The van der Waals surface area contributed by atoms with E-state index < -0.39 is 0 Å². The topological polar surface area (TPSA) is 64.5 Å². The Bertz CT molecular complexity index is 308. The molecule has 5 nitrogen and oxygen atoms in total. The minimum Gasteiger partial charge on any atom is -0.265 e. The molecule has 3 aromatic rings. The number of hydrogen-bond acceptors (Lipinski definition) is 5. The zero-order valence-electron chi connectivity index (χ0n) is 15.7. The Kier molecular flexibility index (Phi) is 35.3. The smallest absolute Gasteiger partial charge is 0.115 e. The van der Waals surface area contributed by atoms with E-state index in [4.69, 9.17) is 0 Å². The van der Waals surface area contributed by atoms with Gasteiger partial charge in [0.15, 0.2) is 0 Å². The van der Waals surface area contributed by atoms with Gasteiger partial charge in [0.1, 0.15) is 6.33 Å². The van der Waals surface area contributed by atoms with Crippen molar-refractivity contribution in [3.8, 4) is 0 Å². The molecule has 0 aliphatic heterocycles. The van der Waals surface area contributed by atoms with Crippen LogP contribution in [0.2, 0.25) is 0 Å². The molecule has 24 heavy (non-hydrogen) atoms. The van der Waals surface area contributed by atoms with E-state index in [1.165, 1.54) is 6.33 Å². The normalized spacial score (nSPS) is 6.75. The molecule has 0 aliphatic carbocycles. The van der Waals surface area contributed by atoms with Crippen molar-refractivity contribution in [1.82, 2.24) is 24.9 Å². The summed E-state index contributed by atoms with van der Waals surface area (Å²) in [5.74, 6) is 0. The Hall–Kier alpha value is -2.69. The van der Waals surface area contributed by atoms with Gasteiger partial charge in [0.25, 0.3) is 0 Å². The molecule has 3 heterocycles. The van der Waals surface area contributed by atoms with Crippen molar-refractivity contribution in [2.45, 2.75) is 41.5 Å². The number of aromatic nitrogens is 5. The van der Waals surface area contributed by atoms with Gasteiger partial charge in [0, 0.05) is 49.6 Å². The van der Waals surface area contributed by atoms with Gasteiger partial charge in [-0.3, -0.25) is 15.0 Å². The molecular formula is C19H31N5. The Labute approximate surface area is 147 Å². The molecule has 0 spiro atoms. The second-order valence-electron chi connectivity index (χ2n) is 2.82. The first-order chi connectivity index (χ1) is 12.0. The quantitative estimate of drug-likeness (QED) is 0.573. The lowest BCUT2D eigenvalue weighted by atomic mass is 10.5. The third-order valence-corrected chi connectivity index (χ3v) is 1.52. The highest BCUT2D eigenvalue weighted by Gasteiger charge is 1.60. The summed E-state index contributed by atoms with van der Waals surface area (Å²) in [6.45, 7) is 12.0. The van der Waals surface area contributed by atoms with Crippen LogP contribution in [0.15, 0.2) is 80.2 Å². The van der Waals surface area contributed by atoms with E-state index in [-0.39, 0.29) is 0 Å². The van der Waals surface area contributed by atoms with Gasteiger partial charge in [-0.05, 0) is 18.2 Å². The van der Waals surface area contributed by atoms with Crippen molar-refractivity contribution in [3.05, 3.63) is 80.2 Å². The summed E-state index contributed by atoms with van der Waals surface area (Å²) in [5, 5.41) is 0. The Balaban J connectivity index is -0.000000239. The zero-order valence-corrected chi connectivity index (χ0v) is 15.7. The predicted octanol–water partition coefficient (Wildman–Crippen LogP) is 5.11. The van der Waals surface area contributed by atoms with Gasteiger partial charge >= 0.3 is 0 Å². The molecule has 132 valence electrons. The van der Waals surface area contributed by atoms with Crippen LogP contribution in [0.3, 0.4) is 0 Å². The first kappa shape index (κ1) is 26.2. The molecule has 0 bridgehead atoms. The largest absolute Gasteiger partial charge is 0.265 e. The number of rotatable bonds is 0. The van der Waals surface area contributed by atoms with E-state index in [1.54, 1.807) is 55.6 Å². The molecule has 0 saturated carbocycles. The molecule has 0 radical (unpaired) electrons. The average Bonchev–Trinajstić information content (AvgIpc) is 2.77. The second-order valence-corrected chi connectivity index (χ2v) is 2.82. The maximum Gasteiger partial charge on any atom is 0.115 e. The number of pyridine rings is 1. The summed E-state index contributed by atoms with van der Waals surface area (Å²) in [4.78, 5) is 18.6. The highest BCUT2D eigenvalue weighted by molar-refractivity contribution is 4.88. The van der Waals surface area contributed by atoms with E-state index in [2.05, 4.69) is 24.9 Å². The molecule has 5 heteroatoms. The van der Waals surface area contributed by atoms with Gasteiger partial charge in [-0.15, -0.1) is 0 Å². The molecule has 0 unspecified atom stereocenters. The zero-order chi connectivity index (χ0) is 18.7. The molecule has 0 aromatic carbocycles. The molecule has 3 rings (SSSR count). The maximum absolute atomic E-state index is 3.78. The van der Waals surface area contributed by atoms with Gasteiger partial charge in [0.05, 0.1) is 0 Å². The van der Waals surface area contributed by atoms with E-state index >= 15 is 0 Å². The van der Waals surface area contributed by atoms with Crippen LogP contribution in [0.25, 0.3) is 0 Å². The monoisotopic (exact) mass is 329 g/mol. The van der Waals surface area contributed by atoms with E-state index in [9.17, 15) is 0 Å². The molecule has 0 atom stereocenters. The SMILES string of the molecule is CC.CC.CC.c1ccncc1.c1cnccn1.c1cncnc1. The van der Waals surface area contributed by atoms with Crippen molar-refractivity contribution in [2.24, 2.45) is 0 Å². The van der Waals surface area contributed by atoms with Crippen LogP contribution in [0.4, 0.5) is 0 Å². The fourth-order valence-corrected chi connectivity index (χ4v) is 0.819. The Morgan fingerprint density at radius 3 is 0.792 bits per heavy atom. The lowest BCUT2D eigenvalue weighted by molar-refractivity contribution is 1.17. The number of hydrogen-bond donors (Lipinski definition) is 0. The van der Waals surface area contributed by atoms with Crippen molar-refractivity contribution >= 4 is 0 Å². The first-order valence-corrected chi connectivity index (χ1v) is 8.25. The number of nitrogens with zero attached hydrogens (tertiary/aromatic N) is 5. The maximum atomic E-state index is 3.78. The molecule has 0 amide bonds. The second kappa shape index (κ2) is 32.3. The molecule has 0 fully saturated rings. The third kappa shape index (κ3) is 27.6. The van der Waals surface area contributed by atoms with Crippen molar-refractivity contribution in [1.29, 1.82) is 0 Å². The fourth-order valence-electron chi connectivity index (χ4n) is 0.819. The van der Waals surface area contributed by atoms with Gasteiger partial charge in [-0.2, -0.15) is 0 Å². The van der Waals surface area contributed by atoms with Crippen LogP contribution >= 0.6 is 0 Å². The van der Waals surface area contributed by atoms with Crippen molar-refractivity contribution < 1.29 is 0 Å². The summed E-state index contributed by atoms with van der Waals surface area (Å²) in [7, 11) is 0. The summed E-state index contributed by atoms with van der Waals surface area (Å²) in [6.07, 6.45) is 14.9. The van der Waals surface area contributed by atoms with E-state index in [0.717, 1.165) is 0 Å². The molecule has 3 aromatic heterocycles. The summed E-state index contributed by atoms with van der Waals surface area (Å²) in [5.41, 5.74) is 0.